The van der Waals surface area contributed by atoms with E-state index < -0.39 is 9.84 Å². The topological polar surface area (TPSA) is 43.4 Å². The average Bonchev–Trinajstić information content (AvgIpc) is 1.94. The molecule has 0 spiro atoms. The zero-order valence-corrected chi connectivity index (χ0v) is 9.61. The summed E-state index contributed by atoms with van der Waals surface area (Å²) in [7, 11) is -3.25. The van der Waals surface area contributed by atoms with Crippen LogP contribution in [0.3, 0.4) is 0 Å². The lowest BCUT2D eigenvalue weighted by Gasteiger charge is -2.18. The highest BCUT2D eigenvalue weighted by Gasteiger charge is 2.27. The maximum absolute atomic E-state index is 11.5. The second-order valence-electron chi connectivity index (χ2n) is 2.49. The molecule has 0 aromatic heterocycles. The van der Waals surface area contributed by atoms with E-state index in [2.05, 4.69) is 6.58 Å². The van der Waals surface area contributed by atoms with Gasteiger partial charge in [-0.3, -0.25) is 0 Å². The summed E-state index contributed by atoms with van der Waals surface area (Å²) in [6.07, 6.45) is 0. The zero-order chi connectivity index (χ0) is 9.35. The Kier molecular flexibility index (Phi) is 2.95. The maximum atomic E-state index is 11.5. The van der Waals surface area contributed by atoms with Crippen LogP contribution in [0.5, 0.6) is 0 Å². The van der Waals surface area contributed by atoms with Crippen LogP contribution in [0.4, 0.5) is 0 Å². The van der Waals surface area contributed by atoms with Crippen molar-refractivity contribution in [3.05, 3.63) is 20.0 Å². The fourth-order valence-electron chi connectivity index (χ4n) is 0.872. The van der Waals surface area contributed by atoms with Crippen molar-refractivity contribution >= 4 is 32.4 Å². The van der Waals surface area contributed by atoms with Crippen LogP contribution in [0.25, 0.3) is 0 Å². The average molecular weight is 300 g/mol. The number of hydrogen-bond acceptors (Lipinski definition) is 3. The highest BCUT2D eigenvalue weighted by atomic mass is 127. The van der Waals surface area contributed by atoms with Gasteiger partial charge in [-0.05, 0) is 29.5 Å². The summed E-state index contributed by atoms with van der Waals surface area (Å²) in [5.74, 6) is 0. The maximum Gasteiger partial charge on any atom is 0.203 e. The van der Waals surface area contributed by atoms with E-state index in [0.717, 1.165) is 3.58 Å². The fraction of sp³-hybridized carbons (Fsp3) is 0.429. The molecule has 0 saturated carbocycles. The number of ether oxygens (including phenoxy) is 1. The Morgan fingerprint density at radius 1 is 1.58 bits per heavy atom. The molecule has 1 heterocycles. The Hall–Kier alpha value is 0.120. The third kappa shape index (κ3) is 1.72. The first-order chi connectivity index (χ1) is 5.46. The first-order valence-corrected chi connectivity index (χ1v) is 5.88. The van der Waals surface area contributed by atoms with Gasteiger partial charge in [-0.1, -0.05) is 6.58 Å². The summed E-state index contributed by atoms with van der Waals surface area (Å²) in [5.41, 5.74) is 0. The van der Waals surface area contributed by atoms with Crippen LogP contribution in [0.2, 0.25) is 0 Å². The van der Waals surface area contributed by atoms with Gasteiger partial charge in [0.25, 0.3) is 0 Å². The normalized spacial score (nSPS) is 27.0. The third-order valence-electron chi connectivity index (χ3n) is 1.58. The van der Waals surface area contributed by atoms with E-state index in [4.69, 9.17) is 4.74 Å². The Morgan fingerprint density at radius 3 is 2.58 bits per heavy atom. The van der Waals surface area contributed by atoms with E-state index in [1.165, 1.54) is 0 Å². The molecule has 0 radical (unpaired) electrons. The SMILES string of the molecule is C=C1COC/C(=C(/C)I)S1(=O)=O. The molecule has 0 amide bonds. The lowest BCUT2D eigenvalue weighted by atomic mass is 10.5. The van der Waals surface area contributed by atoms with Crippen molar-refractivity contribution in [3.63, 3.8) is 0 Å². The molecule has 1 saturated heterocycles. The predicted molar refractivity (Wildman–Crippen MR) is 55.6 cm³/mol. The number of hydrogen-bond donors (Lipinski definition) is 0. The molecule has 0 atom stereocenters. The number of allylic oxidation sites excluding steroid dienone is 1. The summed E-state index contributed by atoms with van der Waals surface area (Å²) >= 11 is 1.98. The van der Waals surface area contributed by atoms with Crippen molar-refractivity contribution in [3.8, 4) is 0 Å². The zero-order valence-electron chi connectivity index (χ0n) is 6.63. The molecular weight excluding hydrogens is 291 g/mol. The predicted octanol–water partition coefficient (Wildman–Crippen LogP) is 1.61. The summed E-state index contributed by atoms with van der Waals surface area (Å²) < 4.78 is 28.8. The molecule has 68 valence electrons. The first kappa shape index (κ1) is 10.2. The number of sulfone groups is 1. The van der Waals surface area contributed by atoms with Crippen LogP contribution in [0.1, 0.15) is 6.92 Å². The third-order valence-corrected chi connectivity index (χ3v) is 4.55. The lowest BCUT2D eigenvalue weighted by Crippen LogP contribution is -2.22. The number of rotatable bonds is 0. The molecule has 0 aliphatic carbocycles. The molecule has 1 rings (SSSR count). The molecule has 0 unspecified atom stereocenters. The van der Waals surface area contributed by atoms with Crippen molar-refractivity contribution in [1.82, 2.24) is 0 Å². The molecule has 0 bridgehead atoms. The molecule has 5 heteroatoms. The van der Waals surface area contributed by atoms with Crippen molar-refractivity contribution in [1.29, 1.82) is 0 Å². The van der Waals surface area contributed by atoms with Crippen LogP contribution in [-0.4, -0.2) is 21.6 Å². The van der Waals surface area contributed by atoms with Crippen LogP contribution in [0, 0.1) is 0 Å². The van der Waals surface area contributed by atoms with Gasteiger partial charge in [0.15, 0.2) is 0 Å². The summed E-state index contributed by atoms with van der Waals surface area (Å²) in [6, 6.07) is 0. The lowest BCUT2D eigenvalue weighted by molar-refractivity contribution is 0.182. The highest BCUT2D eigenvalue weighted by molar-refractivity contribution is 14.1. The van der Waals surface area contributed by atoms with E-state index in [-0.39, 0.29) is 18.1 Å². The summed E-state index contributed by atoms with van der Waals surface area (Å²) in [5, 5.41) is 0. The van der Waals surface area contributed by atoms with Crippen molar-refractivity contribution in [2.45, 2.75) is 6.92 Å². The fourth-order valence-corrected chi connectivity index (χ4v) is 3.09. The van der Waals surface area contributed by atoms with E-state index in [1.807, 2.05) is 22.6 Å². The quantitative estimate of drug-likeness (QED) is 0.638. The minimum absolute atomic E-state index is 0.121. The van der Waals surface area contributed by atoms with Gasteiger partial charge in [0, 0.05) is 3.58 Å². The van der Waals surface area contributed by atoms with Crippen molar-refractivity contribution < 1.29 is 13.2 Å². The van der Waals surface area contributed by atoms with Crippen LogP contribution < -0.4 is 0 Å². The molecule has 1 aliphatic heterocycles. The minimum atomic E-state index is -3.25. The van der Waals surface area contributed by atoms with Crippen LogP contribution in [-0.2, 0) is 14.6 Å². The second kappa shape index (κ2) is 3.47. The Labute approximate surface area is 85.5 Å². The van der Waals surface area contributed by atoms with Gasteiger partial charge in [-0.25, -0.2) is 8.42 Å². The van der Waals surface area contributed by atoms with Gasteiger partial charge in [-0.15, -0.1) is 0 Å². The molecule has 3 nitrogen and oxygen atoms in total. The minimum Gasteiger partial charge on any atom is -0.371 e. The van der Waals surface area contributed by atoms with Gasteiger partial charge >= 0.3 is 0 Å². The standard InChI is InChI=1S/C7H9IO3S/c1-5-3-11-4-7(6(2)8)12(5,9)10/h1,3-4H2,2H3/b7-6+. The Morgan fingerprint density at radius 2 is 2.17 bits per heavy atom. The molecular formula is C7H9IO3S. The van der Waals surface area contributed by atoms with Gasteiger partial charge in [0.2, 0.25) is 9.84 Å². The van der Waals surface area contributed by atoms with E-state index >= 15 is 0 Å². The number of halogens is 1. The van der Waals surface area contributed by atoms with Crippen LogP contribution in [0.15, 0.2) is 20.0 Å². The Balaban J connectivity index is 3.23. The molecule has 0 aromatic carbocycles. The largest absolute Gasteiger partial charge is 0.371 e. The van der Waals surface area contributed by atoms with E-state index in [0.29, 0.717) is 4.91 Å². The van der Waals surface area contributed by atoms with Gasteiger partial charge in [-0.2, -0.15) is 0 Å². The highest BCUT2D eigenvalue weighted by Crippen LogP contribution is 2.27. The second-order valence-corrected chi connectivity index (χ2v) is 6.19. The molecule has 1 fully saturated rings. The Bertz CT molecular complexity index is 336. The summed E-state index contributed by atoms with van der Waals surface area (Å²) in [4.78, 5) is 0.499. The monoisotopic (exact) mass is 300 g/mol. The van der Waals surface area contributed by atoms with Gasteiger partial charge in [0.05, 0.1) is 23.0 Å². The molecule has 12 heavy (non-hydrogen) atoms. The molecule has 1 aliphatic rings. The van der Waals surface area contributed by atoms with Crippen molar-refractivity contribution in [2.75, 3.05) is 13.2 Å². The summed E-state index contributed by atoms with van der Waals surface area (Å²) in [6.45, 7) is 5.49. The van der Waals surface area contributed by atoms with Gasteiger partial charge < -0.3 is 4.74 Å². The van der Waals surface area contributed by atoms with Gasteiger partial charge in [0.1, 0.15) is 0 Å². The smallest absolute Gasteiger partial charge is 0.203 e. The van der Waals surface area contributed by atoms with E-state index in [9.17, 15) is 8.42 Å². The first-order valence-electron chi connectivity index (χ1n) is 3.32. The van der Waals surface area contributed by atoms with Crippen molar-refractivity contribution in [2.24, 2.45) is 0 Å². The molecule has 0 aromatic rings. The molecule has 0 N–H and O–H groups in total. The van der Waals surface area contributed by atoms with Crippen LogP contribution >= 0.6 is 22.6 Å². The van der Waals surface area contributed by atoms with E-state index in [1.54, 1.807) is 6.92 Å².